The van der Waals surface area contributed by atoms with Crippen LogP contribution in [0.5, 0.6) is 0 Å². The van der Waals surface area contributed by atoms with Gasteiger partial charge in [0, 0.05) is 44.6 Å². The number of rotatable bonds is 9. The second kappa shape index (κ2) is 13.3. The lowest BCUT2D eigenvalue weighted by Crippen LogP contribution is -2.46. The first kappa shape index (κ1) is 23.2. The lowest BCUT2D eigenvalue weighted by molar-refractivity contribution is 0.0143. The summed E-state index contributed by atoms with van der Waals surface area (Å²) in [6.45, 7) is 13.7. The number of halogens is 1. The third-order valence-corrected chi connectivity index (χ3v) is 4.30. The van der Waals surface area contributed by atoms with Gasteiger partial charge in [0.05, 0.1) is 26.3 Å². The number of hydrogen-bond acceptors (Lipinski definition) is 4. The monoisotopic (exact) mass is 478 g/mol. The first-order valence-electron chi connectivity index (χ1n) is 9.50. The van der Waals surface area contributed by atoms with Gasteiger partial charge in [-0.1, -0.05) is 13.8 Å². The van der Waals surface area contributed by atoms with Gasteiger partial charge in [-0.2, -0.15) is 5.10 Å². The molecule has 7 nitrogen and oxygen atoms in total. The van der Waals surface area contributed by atoms with Gasteiger partial charge in [0.15, 0.2) is 5.96 Å². The summed E-state index contributed by atoms with van der Waals surface area (Å²) in [6.07, 6.45) is 4.94. The lowest BCUT2D eigenvalue weighted by atomic mass is 10.0. The topological polar surface area (TPSA) is 66.7 Å². The summed E-state index contributed by atoms with van der Waals surface area (Å²) >= 11 is 0. The molecule has 1 aromatic rings. The highest BCUT2D eigenvalue weighted by Crippen LogP contribution is 2.14. The Morgan fingerprint density at radius 1 is 1.27 bits per heavy atom. The van der Waals surface area contributed by atoms with Crippen LogP contribution in [-0.4, -0.2) is 72.6 Å². The zero-order chi connectivity index (χ0) is 17.9. The normalized spacial score (nSPS) is 17.0. The quantitative estimate of drug-likeness (QED) is 0.322. The summed E-state index contributed by atoms with van der Waals surface area (Å²) in [7, 11) is 0. The van der Waals surface area contributed by atoms with Crippen molar-refractivity contribution in [2.45, 2.75) is 39.8 Å². The van der Waals surface area contributed by atoms with Crippen LogP contribution in [0.2, 0.25) is 0 Å². The van der Waals surface area contributed by atoms with E-state index >= 15 is 0 Å². The number of morpholine rings is 1. The molecule has 0 radical (unpaired) electrons. The van der Waals surface area contributed by atoms with Crippen molar-refractivity contribution in [2.24, 2.45) is 10.9 Å². The minimum absolute atomic E-state index is 0. The number of aromatic nitrogens is 2. The third-order valence-electron chi connectivity index (χ3n) is 4.30. The molecule has 0 aliphatic carbocycles. The SMILES string of the molecule is CCNC(=NCC(CC(C)C)N1CCOCC1)NCCn1cccn1.I. The van der Waals surface area contributed by atoms with Gasteiger partial charge in [-0.15, -0.1) is 24.0 Å². The van der Waals surface area contributed by atoms with Crippen LogP contribution >= 0.6 is 24.0 Å². The highest BCUT2D eigenvalue weighted by Gasteiger charge is 2.21. The summed E-state index contributed by atoms with van der Waals surface area (Å²) in [5.41, 5.74) is 0. The van der Waals surface area contributed by atoms with Crippen molar-refractivity contribution in [1.29, 1.82) is 0 Å². The molecule has 1 unspecified atom stereocenters. The third kappa shape index (κ3) is 8.68. The second-order valence-electron chi connectivity index (χ2n) is 6.85. The molecular weight excluding hydrogens is 443 g/mol. The molecule has 1 aliphatic heterocycles. The molecule has 8 heteroatoms. The average Bonchev–Trinajstić information content (AvgIpc) is 3.12. The van der Waals surface area contributed by atoms with E-state index in [1.165, 1.54) is 0 Å². The average molecular weight is 478 g/mol. The van der Waals surface area contributed by atoms with Gasteiger partial charge < -0.3 is 15.4 Å². The first-order chi connectivity index (χ1) is 12.2. The van der Waals surface area contributed by atoms with Gasteiger partial charge in [-0.25, -0.2) is 0 Å². The van der Waals surface area contributed by atoms with Gasteiger partial charge in [-0.3, -0.25) is 14.6 Å². The summed E-state index contributed by atoms with van der Waals surface area (Å²) in [6, 6.07) is 2.42. The highest BCUT2D eigenvalue weighted by molar-refractivity contribution is 14.0. The Labute approximate surface area is 175 Å². The fourth-order valence-electron chi connectivity index (χ4n) is 3.09. The van der Waals surface area contributed by atoms with Gasteiger partial charge >= 0.3 is 0 Å². The Hall–Kier alpha value is -0.870. The predicted molar refractivity (Wildman–Crippen MR) is 117 cm³/mol. The molecule has 26 heavy (non-hydrogen) atoms. The number of guanidine groups is 1. The van der Waals surface area contributed by atoms with E-state index in [0.29, 0.717) is 12.0 Å². The Morgan fingerprint density at radius 3 is 2.65 bits per heavy atom. The van der Waals surface area contributed by atoms with Crippen LogP contribution in [0.1, 0.15) is 27.2 Å². The zero-order valence-electron chi connectivity index (χ0n) is 16.4. The number of ether oxygens (including phenoxy) is 1. The molecule has 0 saturated carbocycles. The fraction of sp³-hybridized carbons (Fsp3) is 0.778. The van der Waals surface area contributed by atoms with Crippen LogP contribution in [0.15, 0.2) is 23.5 Å². The van der Waals surface area contributed by atoms with Gasteiger partial charge in [0.25, 0.3) is 0 Å². The van der Waals surface area contributed by atoms with Crippen molar-refractivity contribution < 1.29 is 4.74 Å². The van der Waals surface area contributed by atoms with Crippen LogP contribution in [0.3, 0.4) is 0 Å². The molecule has 0 amide bonds. The molecule has 2 N–H and O–H groups in total. The van der Waals surface area contributed by atoms with Crippen molar-refractivity contribution in [1.82, 2.24) is 25.3 Å². The van der Waals surface area contributed by atoms with Crippen molar-refractivity contribution in [2.75, 3.05) is 45.9 Å². The van der Waals surface area contributed by atoms with Crippen molar-refractivity contribution in [3.8, 4) is 0 Å². The molecule has 1 atom stereocenters. The van der Waals surface area contributed by atoms with Crippen molar-refractivity contribution in [3.05, 3.63) is 18.5 Å². The molecule has 1 saturated heterocycles. The molecule has 1 aliphatic rings. The summed E-state index contributed by atoms with van der Waals surface area (Å²) in [5, 5.41) is 11.0. The van der Waals surface area contributed by atoms with E-state index < -0.39 is 0 Å². The largest absolute Gasteiger partial charge is 0.379 e. The lowest BCUT2D eigenvalue weighted by Gasteiger charge is -2.34. The Morgan fingerprint density at radius 2 is 2.04 bits per heavy atom. The van der Waals surface area contributed by atoms with E-state index in [2.05, 4.69) is 41.4 Å². The number of aliphatic imine (C=N–C) groups is 1. The maximum absolute atomic E-state index is 5.50. The van der Waals surface area contributed by atoms with Crippen LogP contribution in [0, 0.1) is 5.92 Å². The summed E-state index contributed by atoms with van der Waals surface area (Å²) in [4.78, 5) is 7.37. The Balaban J connectivity index is 0.00000338. The number of hydrogen-bond donors (Lipinski definition) is 2. The molecule has 2 heterocycles. The molecule has 0 aromatic carbocycles. The van der Waals surface area contributed by atoms with Crippen LogP contribution in [-0.2, 0) is 11.3 Å². The van der Waals surface area contributed by atoms with Crippen molar-refractivity contribution >= 4 is 29.9 Å². The van der Waals surface area contributed by atoms with Crippen LogP contribution in [0.4, 0.5) is 0 Å². The Kier molecular flexibility index (Phi) is 11.9. The smallest absolute Gasteiger partial charge is 0.191 e. The summed E-state index contributed by atoms with van der Waals surface area (Å²) < 4.78 is 7.42. The molecule has 1 aromatic heterocycles. The summed E-state index contributed by atoms with van der Waals surface area (Å²) in [5.74, 6) is 1.55. The molecule has 150 valence electrons. The minimum Gasteiger partial charge on any atom is -0.379 e. The maximum Gasteiger partial charge on any atom is 0.191 e. The van der Waals surface area contributed by atoms with Crippen LogP contribution in [0.25, 0.3) is 0 Å². The van der Waals surface area contributed by atoms with Gasteiger partial charge in [0.1, 0.15) is 0 Å². The number of nitrogens with one attached hydrogen (secondary N) is 2. The highest BCUT2D eigenvalue weighted by atomic mass is 127. The van der Waals surface area contributed by atoms with Gasteiger partial charge in [-0.05, 0) is 25.3 Å². The number of nitrogens with zero attached hydrogens (tertiary/aromatic N) is 4. The standard InChI is InChI=1S/C18H34N6O.HI/c1-4-19-18(20-7-9-24-8-5-6-22-24)21-15-17(14-16(2)3)23-10-12-25-13-11-23;/h5-6,8,16-17H,4,7,9-15H2,1-3H3,(H2,19,20,21);1H. The van der Waals surface area contributed by atoms with E-state index in [1.807, 2.05) is 16.9 Å². The Bertz CT molecular complexity index is 488. The van der Waals surface area contributed by atoms with E-state index in [4.69, 9.17) is 9.73 Å². The molecular formula is C18H35IN6O. The molecule has 2 rings (SSSR count). The molecule has 1 fully saturated rings. The zero-order valence-corrected chi connectivity index (χ0v) is 18.7. The first-order valence-corrected chi connectivity index (χ1v) is 9.50. The predicted octanol–water partition coefficient (Wildman–Crippen LogP) is 1.80. The van der Waals surface area contributed by atoms with E-state index in [-0.39, 0.29) is 24.0 Å². The van der Waals surface area contributed by atoms with Crippen LogP contribution < -0.4 is 10.6 Å². The fourth-order valence-corrected chi connectivity index (χ4v) is 3.09. The maximum atomic E-state index is 5.50. The second-order valence-corrected chi connectivity index (χ2v) is 6.85. The van der Waals surface area contributed by atoms with E-state index in [9.17, 15) is 0 Å². The van der Waals surface area contributed by atoms with Gasteiger partial charge in [0.2, 0.25) is 0 Å². The molecule has 0 spiro atoms. The van der Waals surface area contributed by atoms with Crippen molar-refractivity contribution in [3.63, 3.8) is 0 Å². The minimum atomic E-state index is 0. The molecule has 0 bridgehead atoms. The van der Waals surface area contributed by atoms with E-state index in [1.54, 1.807) is 6.20 Å². The van der Waals surface area contributed by atoms with E-state index in [0.717, 1.165) is 64.9 Å².